The molecule has 3 aromatic carbocycles. The summed E-state index contributed by atoms with van der Waals surface area (Å²) in [5, 5.41) is 2.59. The number of hydrogen-bond acceptors (Lipinski definition) is 1. The maximum Gasteiger partial charge on any atom is 0.119 e. The van der Waals surface area contributed by atoms with E-state index in [-0.39, 0.29) is 0 Å². The Morgan fingerprint density at radius 2 is 1.58 bits per heavy atom. The van der Waals surface area contributed by atoms with Crippen molar-refractivity contribution in [3.8, 4) is 16.9 Å². The molecule has 0 amide bonds. The lowest BCUT2D eigenvalue weighted by atomic mass is 9.99. The van der Waals surface area contributed by atoms with Crippen LogP contribution in [0.4, 0.5) is 0 Å². The Bertz CT molecular complexity index is 729. The van der Waals surface area contributed by atoms with Gasteiger partial charge in [0.2, 0.25) is 0 Å². The Kier molecular flexibility index (Phi) is 2.96. The van der Waals surface area contributed by atoms with Crippen LogP contribution >= 0.6 is 0 Å². The normalized spacial score (nSPS) is 10.6. The van der Waals surface area contributed by atoms with Gasteiger partial charge in [0.05, 0.1) is 7.11 Å². The SMILES string of the molecule is COc1cccc(-c2ccc3c(C)cccc3c2)c1. The molecule has 0 unspecified atom stereocenters. The first kappa shape index (κ1) is 11.8. The predicted molar refractivity (Wildman–Crippen MR) is 80.7 cm³/mol. The lowest BCUT2D eigenvalue weighted by Crippen LogP contribution is -1.84. The number of benzene rings is 3. The Labute approximate surface area is 113 Å². The molecule has 0 atom stereocenters. The van der Waals surface area contributed by atoms with E-state index in [0.29, 0.717) is 0 Å². The van der Waals surface area contributed by atoms with Gasteiger partial charge < -0.3 is 4.74 Å². The van der Waals surface area contributed by atoms with Gasteiger partial charge in [0, 0.05) is 0 Å². The smallest absolute Gasteiger partial charge is 0.119 e. The molecule has 0 radical (unpaired) electrons. The van der Waals surface area contributed by atoms with E-state index in [9.17, 15) is 0 Å². The second-order valence-electron chi connectivity index (χ2n) is 4.74. The van der Waals surface area contributed by atoms with Gasteiger partial charge in [-0.1, -0.05) is 42.5 Å². The minimum Gasteiger partial charge on any atom is -0.497 e. The van der Waals surface area contributed by atoms with Crippen molar-refractivity contribution in [3.63, 3.8) is 0 Å². The molecule has 1 heteroatoms. The van der Waals surface area contributed by atoms with Gasteiger partial charge in [-0.25, -0.2) is 0 Å². The van der Waals surface area contributed by atoms with Crippen LogP contribution < -0.4 is 4.74 Å². The van der Waals surface area contributed by atoms with Crippen molar-refractivity contribution in [1.82, 2.24) is 0 Å². The van der Waals surface area contributed by atoms with E-state index in [1.807, 2.05) is 12.1 Å². The predicted octanol–water partition coefficient (Wildman–Crippen LogP) is 4.82. The molecule has 0 heterocycles. The monoisotopic (exact) mass is 248 g/mol. The number of ether oxygens (including phenoxy) is 1. The van der Waals surface area contributed by atoms with Gasteiger partial charge in [-0.05, 0) is 52.6 Å². The van der Waals surface area contributed by atoms with Gasteiger partial charge in [0.25, 0.3) is 0 Å². The maximum absolute atomic E-state index is 5.28. The average Bonchev–Trinajstić information content (AvgIpc) is 2.47. The van der Waals surface area contributed by atoms with Crippen molar-refractivity contribution in [1.29, 1.82) is 0 Å². The van der Waals surface area contributed by atoms with Crippen LogP contribution in [0.5, 0.6) is 5.75 Å². The highest BCUT2D eigenvalue weighted by Gasteiger charge is 2.02. The van der Waals surface area contributed by atoms with Crippen LogP contribution in [0.1, 0.15) is 5.56 Å². The number of rotatable bonds is 2. The van der Waals surface area contributed by atoms with Gasteiger partial charge >= 0.3 is 0 Å². The quantitative estimate of drug-likeness (QED) is 0.631. The van der Waals surface area contributed by atoms with Crippen LogP contribution in [0.25, 0.3) is 21.9 Å². The number of hydrogen-bond donors (Lipinski definition) is 0. The highest BCUT2D eigenvalue weighted by atomic mass is 16.5. The minimum absolute atomic E-state index is 0.891. The first-order valence-corrected chi connectivity index (χ1v) is 6.42. The van der Waals surface area contributed by atoms with Crippen molar-refractivity contribution < 1.29 is 4.74 Å². The largest absolute Gasteiger partial charge is 0.497 e. The lowest BCUT2D eigenvalue weighted by Gasteiger charge is -2.07. The fourth-order valence-electron chi connectivity index (χ4n) is 2.43. The van der Waals surface area contributed by atoms with E-state index in [4.69, 9.17) is 4.74 Å². The fraction of sp³-hybridized carbons (Fsp3) is 0.111. The van der Waals surface area contributed by atoms with Crippen LogP contribution in [0.2, 0.25) is 0 Å². The standard InChI is InChI=1S/C18H16O/c1-13-5-3-7-16-11-15(9-10-18(13)16)14-6-4-8-17(12-14)19-2/h3-12H,1-2H3. The van der Waals surface area contributed by atoms with Gasteiger partial charge in [-0.15, -0.1) is 0 Å². The Balaban J connectivity index is 2.15. The molecule has 0 aliphatic rings. The van der Waals surface area contributed by atoms with Gasteiger partial charge in [-0.2, -0.15) is 0 Å². The Morgan fingerprint density at radius 3 is 2.42 bits per heavy atom. The van der Waals surface area contributed by atoms with E-state index < -0.39 is 0 Å². The van der Waals surface area contributed by atoms with Crippen LogP contribution in [0, 0.1) is 6.92 Å². The van der Waals surface area contributed by atoms with Crippen LogP contribution in [0.3, 0.4) is 0 Å². The Morgan fingerprint density at radius 1 is 0.789 bits per heavy atom. The number of methoxy groups -OCH3 is 1. The van der Waals surface area contributed by atoms with E-state index in [1.54, 1.807) is 7.11 Å². The first-order valence-electron chi connectivity index (χ1n) is 6.42. The fourth-order valence-corrected chi connectivity index (χ4v) is 2.43. The summed E-state index contributed by atoms with van der Waals surface area (Å²) >= 11 is 0. The summed E-state index contributed by atoms with van der Waals surface area (Å²) in [6.45, 7) is 2.15. The van der Waals surface area contributed by atoms with Gasteiger partial charge in [0.15, 0.2) is 0 Å². The lowest BCUT2D eigenvalue weighted by molar-refractivity contribution is 0.415. The molecule has 0 saturated carbocycles. The van der Waals surface area contributed by atoms with Crippen LogP contribution in [0.15, 0.2) is 60.7 Å². The number of aryl methyl sites for hydroxylation is 1. The molecule has 0 aliphatic heterocycles. The molecule has 0 bridgehead atoms. The van der Waals surface area contributed by atoms with E-state index in [2.05, 4.69) is 55.5 Å². The van der Waals surface area contributed by atoms with Gasteiger partial charge in [0.1, 0.15) is 5.75 Å². The van der Waals surface area contributed by atoms with E-state index in [1.165, 1.54) is 27.5 Å². The molecule has 0 aliphatic carbocycles. The summed E-state index contributed by atoms with van der Waals surface area (Å²) in [7, 11) is 1.70. The van der Waals surface area contributed by atoms with E-state index in [0.717, 1.165) is 5.75 Å². The third-order valence-corrected chi connectivity index (χ3v) is 3.50. The highest BCUT2D eigenvalue weighted by molar-refractivity contribution is 5.89. The molecular weight excluding hydrogens is 232 g/mol. The number of fused-ring (bicyclic) bond motifs is 1. The summed E-state index contributed by atoms with van der Waals surface area (Å²) in [5.41, 5.74) is 3.72. The molecule has 3 rings (SSSR count). The van der Waals surface area contributed by atoms with Gasteiger partial charge in [-0.3, -0.25) is 0 Å². The zero-order valence-corrected chi connectivity index (χ0v) is 11.2. The molecule has 0 N–H and O–H groups in total. The summed E-state index contributed by atoms with van der Waals surface area (Å²) in [6, 6.07) is 21.2. The summed E-state index contributed by atoms with van der Waals surface area (Å²) in [4.78, 5) is 0. The molecule has 1 nitrogen and oxygen atoms in total. The molecule has 0 aromatic heterocycles. The zero-order valence-electron chi connectivity index (χ0n) is 11.2. The average molecular weight is 248 g/mol. The van der Waals surface area contributed by atoms with Crippen molar-refractivity contribution in [2.24, 2.45) is 0 Å². The second-order valence-corrected chi connectivity index (χ2v) is 4.74. The summed E-state index contributed by atoms with van der Waals surface area (Å²) in [6.07, 6.45) is 0. The first-order chi connectivity index (χ1) is 9.28. The van der Waals surface area contributed by atoms with Crippen molar-refractivity contribution >= 4 is 10.8 Å². The zero-order chi connectivity index (χ0) is 13.2. The Hall–Kier alpha value is -2.28. The molecule has 0 spiro atoms. The second kappa shape index (κ2) is 4.77. The minimum atomic E-state index is 0.891. The molecular formula is C18H16O. The van der Waals surface area contributed by atoms with Crippen molar-refractivity contribution in [2.45, 2.75) is 6.92 Å². The highest BCUT2D eigenvalue weighted by Crippen LogP contribution is 2.28. The van der Waals surface area contributed by atoms with E-state index >= 15 is 0 Å². The maximum atomic E-state index is 5.28. The molecule has 19 heavy (non-hydrogen) atoms. The molecule has 94 valence electrons. The third kappa shape index (κ3) is 2.19. The molecule has 0 fully saturated rings. The third-order valence-electron chi connectivity index (χ3n) is 3.50. The summed E-state index contributed by atoms with van der Waals surface area (Å²) < 4.78 is 5.28. The molecule has 0 saturated heterocycles. The van der Waals surface area contributed by atoms with Crippen molar-refractivity contribution in [3.05, 3.63) is 66.2 Å². The van der Waals surface area contributed by atoms with Crippen LogP contribution in [-0.4, -0.2) is 7.11 Å². The molecule has 3 aromatic rings. The topological polar surface area (TPSA) is 9.23 Å². The van der Waals surface area contributed by atoms with Crippen molar-refractivity contribution in [2.75, 3.05) is 7.11 Å². The summed E-state index contributed by atoms with van der Waals surface area (Å²) in [5.74, 6) is 0.891. The van der Waals surface area contributed by atoms with Crippen LogP contribution in [-0.2, 0) is 0 Å².